The maximum absolute atomic E-state index is 11.7. The summed E-state index contributed by atoms with van der Waals surface area (Å²) >= 11 is 0. The lowest BCUT2D eigenvalue weighted by Gasteiger charge is -2.32. The summed E-state index contributed by atoms with van der Waals surface area (Å²) in [4.78, 5) is 13.8. The molecule has 0 bridgehead atoms. The topological polar surface area (TPSA) is 32.3 Å². The van der Waals surface area contributed by atoms with Gasteiger partial charge in [-0.15, -0.1) is 0 Å². The highest BCUT2D eigenvalue weighted by Crippen LogP contribution is 2.07. The molecule has 1 amide bonds. The van der Waals surface area contributed by atoms with E-state index in [-0.39, 0.29) is 11.4 Å². The number of carbonyl (C=O) groups is 1. The van der Waals surface area contributed by atoms with Crippen molar-refractivity contribution in [3.8, 4) is 0 Å². The summed E-state index contributed by atoms with van der Waals surface area (Å²) in [6.45, 7) is 4.81. The molecule has 0 spiro atoms. The van der Waals surface area contributed by atoms with Gasteiger partial charge >= 0.3 is 0 Å². The minimum absolute atomic E-state index is 0.0454. The van der Waals surface area contributed by atoms with Gasteiger partial charge in [0, 0.05) is 18.2 Å². The Bertz CT molecular complexity index is 408. The third-order valence-corrected chi connectivity index (χ3v) is 3.13. The molecule has 18 heavy (non-hydrogen) atoms. The first-order valence-electron chi connectivity index (χ1n) is 6.10. The van der Waals surface area contributed by atoms with Gasteiger partial charge < -0.3 is 10.2 Å². The molecule has 0 fully saturated rings. The van der Waals surface area contributed by atoms with Crippen LogP contribution < -0.4 is 5.32 Å². The van der Waals surface area contributed by atoms with Crippen molar-refractivity contribution < 1.29 is 4.79 Å². The summed E-state index contributed by atoms with van der Waals surface area (Å²) < 4.78 is 0. The van der Waals surface area contributed by atoms with Crippen LogP contribution in [0.15, 0.2) is 36.4 Å². The first-order chi connectivity index (χ1) is 8.42. The van der Waals surface area contributed by atoms with Crippen LogP contribution in [0.2, 0.25) is 0 Å². The Morgan fingerprint density at radius 3 is 2.44 bits per heavy atom. The molecule has 1 N–H and O–H groups in total. The van der Waals surface area contributed by atoms with Crippen LogP contribution in [-0.2, 0) is 4.79 Å². The summed E-state index contributed by atoms with van der Waals surface area (Å²) in [5.74, 6) is -0.0613. The van der Waals surface area contributed by atoms with E-state index in [9.17, 15) is 4.79 Å². The summed E-state index contributed by atoms with van der Waals surface area (Å²) in [6.07, 6.45) is 3.39. The van der Waals surface area contributed by atoms with Gasteiger partial charge in [-0.3, -0.25) is 4.79 Å². The molecule has 1 aromatic rings. The average molecular weight is 246 g/mol. The van der Waals surface area contributed by atoms with Gasteiger partial charge in [0.2, 0.25) is 5.91 Å². The van der Waals surface area contributed by atoms with Crippen molar-refractivity contribution in [1.29, 1.82) is 0 Å². The molecule has 0 aliphatic rings. The number of hydrogen-bond acceptors (Lipinski definition) is 2. The van der Waals surface area contributed by atoms with Gasteiger partial charge in [-0.25, -0.2) is 0 Å². The van der Waals surface area contributed by atoms with Crippen LogP contribution in [0, 0.1) is 0 Å². The van der Waals surface area contributed by atoms with Crippen LogP contribution >= 0.6 is 0 Å². The van der Waals surface area contributed by atoms with Crippen molar-refractivity contribution >= 4 is 12.0 Å². The Morgan fingerprint density at radius 1 is 1.28 bits per heavy atom. The zero-order chi connectivity index (χ0) is 13.6. The van der Waals surface area contributed by atoms with Crippen LogP contribution in [0.25, 0.3) is 6.08 Å². The first-order valence-corrected chi connectivity index (χ1v) is 6.10. The molecule has 1 aromatic carbocycles. The molecule has 0 aliphatic heterocycles. The summed E-state index contributed by atoms with van der Waals surface area (Å²) in [6, 6.07) is 9.79. The van der Waals surface area contributed by atoms with E-state index in [4.69, 9.17) is 0 Å². The van der Waals surface area contributed by atoms with Gasteiger partial charge in [0.05, 0.1) is 0 Å². The maximum Gasteiger partial charge on any atom is 0.244 e. The number of benzene rings is 1. The van der Waals surface area contributed by atoms with E-state index in [0.29, 0.717) is 6.54 Å². The summed E-state index contributed by atoms with van der Waals surface area (Å²) in [5.41, 5.74) is 0.982. The van der Waals surface area contributed by atoms with Crippen molar-refractivity contribution in [2.45, 2.75) is 19.4 Å². The lowest BCUT2D eigenvalue weighted by atomic mass is 10.0. The van der Waals surface area contributed by atoms with Crippen LogP contribution in [0.4, 0.5) is 0 Å². The second-order valence-electron chi connectivity index (χ2n) is 5.17. The van der Waals surface area contributed by atoms with Crippen molar-refractivity contribution in [2.75, 3.05) is 20.6 Å². The van der Waals surface area contributed by atoms with Crippen molar-refractivity contribution in [3.05, 3.63) is 42.0 Å². The molecule has 0 saturated carbocycles. The Balaban J connectivity index is 2.46. The average Bonchev–Trinajstić information content (AvgIpc) is 2.35. The van der Waals surface area contributed by atoms with Gasteiger partial charge in [-0.05, 0) is 39.6 Å². The zero-order valence-corrected chi connectivity index (χ0v) is 11.6. The molecule has 1 rings (SSSR count). The van der Waals surface area contributed by atoms with Crippen LogP contribution in [0.3, 0.4) is 0 Å². The predicted octanol–water partition coefficient (Wildman–Crippen LogP) is 2.16. The summed E-state index contributed by atoms with van der Waals surface area (Å²) in [5, 5.41) is 2.91. The van der Waals surface area contributed by atoms with Crippen molar-refractivity contribution in [1.82, 2.24) is 10.2 Å². The first kappa shape index (κ1) is 14.5. The molecule has 0 saturated heterocycles. The van der Waals surface area contributed by atoms with E-state index >= 15 is 0 Å². The second kappa shape index (κ2) is 6.36. The fourth-order valence-electron chi connectivity index (χ4n) is 1.26. The molecule has 3 heteroatoms. The Hall–Kier alpha value is -1.61. The zero-order valence-electron chi connectivity index (χ0n) is 11.6. The number of amides is 1. The quantitative estimate of drug-likeness (QED) is 0.807. The van der Waals surface area contributed by atoms with E-state index < -0.39 is 0 Å². The van der Waals surface area contributed by atoms with Gasteiger partial charge in [0.25, 0.3) is 0 Å². The van der Waals surface area contributed by atoms with Crippen LogP contribution in [-0.4, -0.2) is 37.0 Å². The standard InChI is InChI=1S/C15H22N2O/c1-15(2,17(3)4)12-16-14(18)11-10-13-8-6-5-7-9-13/h5-11H,12H2,1-4H3,(H,16,18). The van der Waals surface area contributed by atoms with Crippen molar-refractivity contribution in [3.63, 3.8) is 0 Å². The third kappa shape index (κ3) is 4.72. The maximum atomic E-state index is 11.7. The Labute approximate surface area is 109 Å². The number of rotatable bonds is 5. The fraction of sp³-hybridized carbons (Fsp3) is 0.400. The highest BCUT2D eigenvalue weighted by molar-refractivity contribution is 5.91. The molecule has 0 atom stereocenters. The normalized spacial score (nSPS) is 12.1. The minimum Gasteiger partial charge on any atom is -0.351 e. The predicted molar refractivity (Wildman–Crippen MR) is 76.3 cm³/mol. The van der Waals surface area contributed by atoms with Crippen LogP contribution in [0.1, 0.15) is 19.4 Å². The molecule has 0 radical (unpaired) electrons. The van der Waals surface area contributed by atoms with Crippen LogP contribution in [0.5, 0.6) is 0 Å². The molecule has 98 valence electrons. The largest absolute Gasteiger partial charge is 0.351 e. The lowest BCUT2D eigenvalue weighted by Crippen LogP contribution is -2.47. The lowest BCUT2D eigenvalue weighted by molar-refractivity contribution is -0.116. The van der Waals surface area contributed by atoms with E-state index in [0.717, 1.165) is 5.56 Å². The SMILES string of the molecule is CN(C)C(C)(C)CNC(=O)C=Cc1ccccc1. The summed E-state index contributed by atoms with van der Waals surface area (Å²) in [7, 11) is 4.01. The van der Waals surface area contributed by atoms with Gasteiger partial charge in [0.1, 0.15) is 0 Å². The molecule has 0 aromatic heterocycles. The molecule has 0 unspecified atom stereocenters. The second-order valence-corrected chi connectivity index (χ2v) is 5.17. The molecular formula is C15H22N2O. The van der Waals surface area contributed by atoms with E-state index in [1.54, 1.807) is 6.08 Å². The molecule has 3 nitrogen and oxygen atoms in total. The third-order valence-electron chi connectivity index (χ3n) is 3.13. The number of likely N-dealkylation sites (N-methyl/N-ethyl adjacent to an activating group) is 1. The van der Waals surface area contributed by atoms with Crippen molar-refractivity contribution in [2.24, 2.45) is 0 Å². The highest BCUT2D eigenvalue weighted by atomic mass is 16.1. The molecule has 0 aliphatic carbocycles. The molecular weight excluding hydrogens is 224 g/mol. The number of hydrogen-bond donors (Lipinski definition) is 1. The minimum atomic E-state index is -0.0613. The van der Waals surface area contributed by atoms with E-state index in [1.807, 2.05) is 50.5 Å². The fourth-order valence-corrected chi connectivity index (χ4v) is 1.26. The number of nitrogens with one attached hydrogen (secondary N) is 1. The van der Waals surface area contributed by atoms with Gasteiger partial charge in [-0.2, -0.15) is 0 Å². The number of nitrogens with zero attached hydrogens (tertiary/aromatic N) is 1. The number of carbonyl (C=O) groups excluding carboxylic acids is 1. The monoisotopic (exact) mass is 246 g/mol. The van der Waals surface area contributed by atoms with Gasteiger partial charge in [-0.1, -0.05) is 30.3 Å². The van der Waals surface area contributed by atoms with E-state index in [2.05, 4.69) is 24.1 Å². The molecule has 0 heterocycles. The smallest absolute Gasteiger partial charge is 0.244 e. The van der Waals surface area contributed by atoms with E-state index in [1.165, 1.54) is 0 Å². The Morgan fingerprint density at radius 2 is 1.89 bits per heavy atom. The highest BCUT2D eigenvalue weighted by Gasteiger charge is 2.20. The van der Waals surface area contributed by atoms with Gasteiger partial charge in [0.15, 0.2) is 0 Å². The Kier molecular flexibility index (Phi) is 5.10.